The van der Waals surface area contributed by atoms with Crippen LogP contribution in [0.4, 0.5) is 0 Å². The number of amidine groups is 1. The summed E-state index contributed by atoms with van der Waals surface area (Å²) < 4.78 is 10.3. The minimum Gasteiger partial charge on any atom is -0.497 e. The van der Waals surface area contributed by atoms with E-state index in [0.29, 0.717) is 5.17 Å². The number of hydrogen-bond donors (Lipinski definition) is 1. The number of hydrogen-bond acceptors (Lipinski definition) is 5. The zero-order valence-corrected chi connectivity index (χ0v) is 15.5. The van der Waals surface area contributed by atoms with E-state index in [-0.39, 0.29) is 11.9 Å². The van der Waals surface area contributed by atoms with Crippen LogP contribution in [0.1, 0.15) is 17.2 Å². The topological polar surface area (TPSA) is 59.9 Å². The second-order valence-electron chi connectivity index (χ2n) is 5.63. The number of ether oxygens (including phenoxy) is 2. The number of rotatable bonds is 5. The molecule has 0 fully saturated rings. The van der Waals surface area contributed by atoms with Crippen molar-refractivity contribution in [2.24, 2.45) is 4.99 Å². The Kier molecular flexibility index (Phi) is 5.96. The van der Waals surface area contributed by atoms with Crippen LogP contribution in [0.25, 0.3) is 6.08 Å². The second-order valence-corrected chi connectivity index (χ2v) is 6.64. The Labute approximate surface area is 157 Å². The lowest BCUT2D eigenvalue weighted by molar-refractivity contribution is -0.115. The molecule has 1 unspecified atom stereocenters. The van der Waals surface area contributed by atoms with E-state index in [1.54, 1.807) is 32.1 Å². The fourth-order valence-corrected chi connectivity index (χ4v) is 3.43. The molecule has 0 radical (unpaired) electrons. The third kappa shape index (κ3) is 4.67. The summed E-state index contributed by atoms with van der Waals surface area (Å²) in [6.07, 6.45) is 3.27. The van der Waals surface area contributed by atoms with Gasteiger partial charge in [0.05, 0.1) is 20.3 Å². The molecule has 0 bridgehead atoms. The van der Waals surface area contributed by atoms with Gasteiger partial charge in [-0.15, -0.1) is 0 Å². The SMILES string of the molecule is COc1ccc(/C=C/C(=O)NC2=NC(c3ccc(OC)cc3)CS2)cc1. The Morgan fingerprint density at radius 2 is 1.69 bits per heavy atom. The summed E-state index contributed by atoms with van der Waals surface area (Å²) in [6, 6.07) is 15.4. The molecule has 1 aliphatic heterocycles. The predicted octanol–water partition coefficient (Wildman–Crippen LogP) is 3.68. The maximum atomic E-state index is 12.1. The Balaban J connectivity index is 1.57. The molecular weight excluding hydrogens is 348 g/mol. The quantitative estimate of drug-likeness (QED) is 0.818. The number of nitrogens with one attached hydrogen (secondary N) is 1. The molecule has 1 N–H and O–H groups in total. The van der Waals surface area contributed by atoms with E-state index < -0.39 is 0 Å². The van der Waals surface area contributed by atoms with Crippen molar-refractivity contribution >= 4 is 28.9 Å². The van der Waals surface area contributed by atoms with Crippen LogP contribution in [-0.4, -0.2) is 31.0 Å². The molecule has 1 atom stereocenters. The number of nitrogens with zero attached hydrogens (tertiary/aromatic N) is 1. The summed E-state index contributed by atoms with van der Waals surface area (Å²) in [7, 11) is 3.27. The van der Waals surface area contributed by atoms with Crippen molar-refractivity contribution in [3.8, 4) is 11.5 Å². The molecule has 5 nitrogen and oxygen atoms in total. The van der Waals surface area contributed by atoms with Crippen molar-refractivity contribution in [2.75, 3.05) is 20.0 Å². The minimum atomic E-state index is -0.192. The highest BCUT2D eigenvalue weighted by Gasteiger charge is 2.20. The third-order valence-corrected chi connectivity index (χ3v) is 4.89. The maximum Gasteiger partial charge on any atom is 0.249 e. The number of carbonyl (C=O) groups is 1. The summed E-state index contributed by atoms with van der Waals surface area (Å²) in [6.45, 7) is 0. The largest absolute Gasteiger partial charge is 0.497 e. The highest BCUT2D eigenvalue weighted by molar-refractivity contribution is 8.14. The lowest BCUT2D eigenvalue weighted by Crippen LogP contribution is -2.25. The Bertz CT molecular complexity index is 814. The van der Waals surface area contributed by atoms with Crippen LogP contribution in [0.2, 0.25) is 0 Å². The first kappa shape index (κ1) is 18.1. The van der Waals surface area contributed by atoms with Crippen LogP contribution in [-0.2, 0) is 4.79 Å². The van der Waals surface area contributed by atoms with Gasteiger partial charge in [0.1, 0.15) is 11.5 Å². The maximum absolute atomic E-state index is 12.1. The van der Waals surface area contributed by atoms with Gasteiger partial charge >= 0.3 is 0 Å². The van der Waals surface area contributed by atoms with Crippen molar-refractivity contribution in [3.63, 3.8) is 0 Å². The van der Waals surface area contributed by atoms with Gasteiger partial charge in [-0.2, -0.15) is 0 Å². The molecule has 134 valence electrons. The smallest absolute Gasteiger partial charge is 0.249 e. The summed E-state index contributed by atoms with van der Waals surface area (Å²) in [5.74, 6) is 2.22. The highest BCUT2D eigenvalue weighted by Crippen LogP contribution is 2.30. The molecule has 6 heteroatoms. The van der Waals surface area contributed by atoms with E-state index in [2.05, 4.69) is 10.3 Å². The standard InChI is InChI=1S/C20H20N2O3S/c1-24-16-8-3-14(4-9-16)5-12-19(23)22-20-21-18(13-26-20)15-6-10-17(25-2)11-7-15/h3-12,18H,13H2,1-2H3,(H,21,22,23)/b12-5+. The molecule has 26 heavy (non-hydrogen) atoms. The van der Waals surface area contributed by atoms with Crippen molar-refractivity contribution < 1.29 is 14.3 Å². The van der Waals surface area contributed by atoms with Crippen molar-refractivity contribution in [3.05, 3.63) is 65.7 Å². The summed E-state index contributed by atoms with van der Waals surface area (Å²) in [4.78, 5) is 16.7. The number of carbonyl (C=O) groups excluding carboxylic acids is 1. The molecule has 0 saturated heterocycles. The van der Waals surface area contributed by atoms with Gasteiger partial charge in [0.15, 0.2) is 5.17 Å². The van der Waals surface area contributed by atoms with E-state index in [1.807, 2.05) is 48.5 Å². The monoisotopic (exact) mass is 368 g/mol. The fourth-order valence-electron chi connectivity index (χ4n) is 2.47. The summed E-state index contributed by atoms with van der Waals surface area (Å²) in [5, 5.41) is 3.48. The van der Waals surface area contributed by atoms with Crippen LogP contribution >= 0.6 is 11.8 Å². The van der Waals surface area contributed by atoms with E-state index in [1.165, 1.54) is 6.08 Å². The van der Waals surface area contributed by atoms with E-state index in [9.17, 15) is 4.79 Å². The minimum absolute atomic E-state index is 0.0479. The lowest BCUT2D eigenvalue weighted by atomic mass is 10.1. The zero-order valence-electron chi connectivity index (χ0n) is 14.6. The Morgan fingerprint density at radius 1 is 1.08 bits per heavy atom. The lowest BCUT2D eigenvalue weighted by Gasteiger charge is -2.06. The second kappa shape index (κ2) is 8.58. The van der Waals surface area contributed by atoms with E-state index >= 15 is 0 Å². The molecule has 0 aliphatic carbocycles. The molecule has 1 heterocycles. The number of amides is 1. The molecule has 0 spiro atoms. The van der Waals surface area contributed by atoms with Gasteiger partial charge < -0.3 is 14.8 Å². The first-order valence-corrected chi connectivity index (χ1v) is 9.14. The number of benzene rings is 2. The van der Waals surface area contributed by atoms with Gasteiger partial charge in [-0.25, -0.2) is 0 Å². The average molecular weight is 368 g/mol. The van der Waals surface area contributed by atoms with Gasteiger partial charge in [-0.1, -0.05) is 36.0 Å². The summed E-state index contributed by atoms with van der Waals surface area (Å²) >= 11 is 1.55. The van der Waals surface area contributed by atoms with Gasteiger partial charge in [0.2, 0.25) is 5.91 Å². The molecular formula is C20H20N2O3S. The van der Waals surface area contributed by atoms with Gasteiger partial charge in [0, 0.05) is 11.8 Å². The van der Waals surface area contributed by atoms with Crippen molar-refractivity contribution in [1.82, 2.24) is 5.32 Å². The van der Waals surface area contributed by atoms with Crippen LogP contribution in [0, 0.1) is 0 Å². The normalized spacial score (nSPS) is 16.4. The predicted molar refractivity (Wildman–Crippen MR) is 106 cm³/mol. The molecule has 2 aromatic carbocycles. The molecule has 0 saturated carbocycles. The first-order valence-electron chi connectivity index (χ1n) is 8.15. The Morgan fingerprint density at radius 3 is 2.31 bits per heavy atom. The van der Waals surface area contributed by atoms with Crippen LogP contribution in [0.15, 0.2) is 59.6 Å². The number of aliphatic imine (C=N–C) groups is 1. The van der Waals surface area contributed by atoms with Gasteiger partial charge in [0.25, 0.3) is 0 Å². The fraction of sp³-hybridized carbons (Fsp3) is 0.200. The Hall–Kier alpha value is -2.73. The van der Waals surface area contributed by atoms with Crippen molar-refractivity contribution in [1.29, 1.82) is 0 Å². The molecule has 3 rings (SSSR count). The highest BCUT2D eigenvalue weighted by atomic mass is 32.2. The molecule has 1 aliphatic rings. The molecule has 0 aromatic heterocycles. The van der Waals surface area contributed by atoms with E-state index in [0.717, 1.165) is 28.4 Å². The van der Waals surface area contributed by atoms with Crippen LogP contribution < -0.4 is 14.8 Å². The molecule has 2 aromatic rings. The molecule has 1 amide bonds. The average Bonchev–Trinajstić information content (AvgIpc) is 3.15. The van der Waals surface area contributed by atoms with Crippen LogP contribution in [0.5, 0.6) is 11.5 Å². The van der Waals surface area contributed by atoms with Crippen LogP contribution in [0.3, 0.4) is 0 Å². The van der Waals surface area contributed by atoms with E-state index in [4.69, 9.17) is 9.47 Å². The van der Waals surface area contributed by atoms with Gasteiger partial charge in [-0.05, 0) is 41.5 Å². The van der Waals surface area contributed by atoms with Crippen molar-refractivity contribution in [2.45, 2.75) is 6.04 Å². The number of methoxy groups -OCH3 is 2. The third-order valence-electron chi connectivity index (χ3n) is 3.92. The number of thioether (sulfide) groups is 1. The summed E-state index contributed by atoms with van der Waals surface area (Å²) in [5.41, 5.74) is 2.04. The first-order chi connectivity index (χ1) is 12.7. The van der Waals surface area contributed by atoms with Gasteiger partial charge in [-0.3, -0.25) is 9.79 Å². The zero-order chi connectivity index (χ0) is 18.4.